The largest absolute Gasteiger partial charge is 0.481 e. The SMILES string of the molecule is [2H]C([2H])([2H])Oc1nc(CN2CCN(C3CC4(CCN(c5ccc(C(=O)NS(=O)(=O)c6cnc(NCC7CCC(C)(O)CC7)c([N+](=O)[O-])c6)c(Oc6cc7c(F)c[nH]c7nc6OC)c5)CC4)C3)[C@H](c3ccccc3C(C)C)C2)ccc1C1CC1. The minimum Gasteiger partial charge on any atom is -0.481 e. The number of halogens is 1. The fourth-order valence-electron chi connectivity index (χ4n) is 12.6. The first-order chi connectivity index (χ1) is 39.5. The molecule has 3 aliphatic carbocycles. The van der Waals surface area contributed by atoms with Crippen LogP contribution in [0.4, 0.5) is 21.6 Å². The third kappa shape index (κ3) is 11.5. The zero-order valence-corrected chi connectivity index (χ0v) is 46.4. The Balaban J connectivity index is 0.797. The highest BCUT2D eigenvalue weighted by Crippen LogP contribution is 2.54. The molecule has 4 aromatic heterocycles. The van der Waals surface area contributed by atoms with Crippen LogP contribution in [-0.4, -0.2) is 119 Å². The van der Waals surface area contributed by atoms with Gasteiger partial charge in [-0.25, -0.2) is 27.5 Å². The second-order valence-electron chi connectivity index (χ2n) is 23.3. The van der Waals surface area contributed by atoms with Gasteiger partial charge in [-0.15, -0.1) is 0 Å². The van der Waals surface area contributed by atoms with Crippen LogP contribution >= 0.6 is 0 Å². The van der Waals surface area contributed by atoms with E-state index >= 15 is 0 Å². The summed E-state index contributed by atoms with van der Waals surface area (Å²) in [5, 5.41) is 25.7. The van der Waals surface area contributed by atoms with Crippen molar-refractivity contribution in [3.8, 4) is 23.3 Å². The molecule has 3 saturated carbocycles. The summed E-state index contributed by atoms with van der Waals surface area (Å²) in [5.41, 5.74) is 3.71. The summed E-state index contributed by atoms with van der Waals surface area (Å²) >= 11 is 0. The number of rotatable bonds is 18. The number of H-pyrrole nitrogens is 1. The summed E-state index contributed by atoms with van der Waals surface area (Å²) in [6.45, 7) is 11.0. The lowest BCUT2D eigenvalue weighted by molar-refractivity contribution is -0.384. The quantitative estimate of drug-likeness (QED) is 0.0463. The molecule has 1 amide bonds. The summed E-state index contributed by atoms with van der Waals surface area (Å²) in [6, 6.07) is 20.2. The van der Waals surface area contributed by atoms with Gasteiger partial charge in [-0.1, -0.05) is 44.2 Å². The lowest BCUT2D eigenvalue weighted by atomic mass is 9.59. The maximum Gasteiger partial charge on any atom is 0.312 e. The minimum atomic E-state index is -4.77. The number of nitro groups is 1. The Labute approximate surface area is 470 Å². The van der Waals surface area contributed by atoms with Crippen LogP contribution < -0.4 is 29.1 Å². The number of anilines is 2. The number of methoxy groups -OCH3 is 2. The number of benzene rings is 2. The number of nitrogens with one attached hydrogen (secondary N) is 3. The molecule has 6 heterocycles. The molecule has 5 aliphatic rings. The number of ether oxygens (including phenoxy) is 3. The third-order valence-corrected chi connectivity index (χ3v) is 18.7. The van der Waals surface area contributed by atoms with Crippen LogP contribution in [0.3, 0.4) is 0 Å². The molecule has 5 fully saturated rings. The van der Waals surface area contributed by atoms with Crippen molar-refractivity contribution in [2.24, 2.45) is 11.3 Å². The van der Waals surface area contributed by atoms with E-state index in [0.29, 0.717) is 69.5 Å². The molecular weight excluding hydrogens is 1040 g/mol. The van der Waals surface area contributed by atoms with Crippen molar-refractivity contribution in [2.45, 2.75) is 126 Å². The Hall–Kier alpha value is -6.94. The van der Waals surface area contributed by atoms with Crippen molar-refractivity contribution >= 4 is 44.2 Å². The van der Waals surface area contributed by atoms with Gasteiger partial charge in [0.05, 0.1) is 51.6 Å². The molecule has 1 spiro atoms. The number of nitrogens with zero attached hydrogens (tertiary/aromatic N) is 7. The standard InChI is InChI=1S/C59H71FN10O9S/c1-36(2)43-8-6-7-9-45(43)50-35-67(34-39-12-14-44(38-10-11-38)56(64-39)77-4)24-25-69(50)41-29-59(30-41)20-22-68(23-21-59)40-13-15-46(51(26-40)79-52-28-47-48(60)33-63-53(47)65-57(52)78-5)55(71)66-80(75,76)42-27-49(70(73)74)54(62-32-42)61-31-37-16-18-58(3,72)19-17-37/h6-9,12-15,26-28,32-33,36-38,41,50,72H,10-11,16-25,29-31,34-35H2,1-5H3,(H,61,62)(H,63,65)(H,66,71)/t37?,50-,58?/m0/s1/i4D3. The molecule has 19 nitrogen and oxygen atoms in total. The zero-order chi connectivity index (χ0) is 58.6. The molecule has 21 heteroatoms. The lowest BCUT2D eigenvalue weighted by Gasteiger charge is -2.58. The van der Waals surface area contributed by atoms with Crippen LogP contribution in [-0.2, 0) is 16.6 Å². The van der Waals surface area contributed by atoms with Gasteiger partial charge in [0.15, 0.2) is 5.75 Å². The van der Waals surface area contributed by atoms with E-state index in [1.165, 1.54) is 30.4 Å². The average Bonchev–Trinajstić information content (AvgIpc) is 2.49. The number of hydrogen-bond acceptors (Lipinski definition) is 16. The summed E-state index contributed by atoms with van der Waals surface area (Å²) in [6.07, 6.45) is 10.5. The van der Waals surface area contributed by atoms with Crippen molar-refractivity contribution in [2.75, 3.05) is 63.6 Å². The van der Waals surface area contributed by atoms with Crippen LogP contribution in [0.2, 0.25) is 0 Å². The number of amides is 1. The third-order valence-electron chi connectivity index (χ3n) is 17.4. The number of carbonyl (C=O) groups is 1. The van der Waals surface area contributed by atoms with Gasteiger partial charge in [0, 0.05) is 93.5 Å². The van der Waals surface area contributed by atoms with Crippen molar-refractivity contribution in [1.29, 1.82) is 0 Å². The summed E-state index contributed by atoms with van der Waals surface area (Å²) in [5.74, 6) is -1.06. The molecule has 1 atom stereocenters. The lowest BCUT2D eigenvalue weighted by Crippen LogP contribution is -2.60. The number of carbonyl (C=O) groups excluding carboxylic acids is 1. The van der Waals surface area contributed by atoms with Crippen LogP contribution in [0, 0.1) is 27.3 Å². The van der Waals surface area contributed by atoms with Gasteiger partial charge in [0.25, 0.3) is 21.8 Å². The Morgan fingerprint density at radius 1 is 0.963 bits per heavy atom. The first-order valence-corrected chi connectivity index (χ1v) is 29.2. The Bertz CT molecular complexity index is 3520. The monoisotopic (exact) mass is 1120 g/mol. The van der Waals surface area contributed by atoms with Crippen molar-refractivity contribution < 1.29 is 46.0 Å². The van der Waals surface area contributed by atoms with Crippen LogP contribution in [0.1, 0.15) is 140 Å². The van der Waals surface area contributed by atoms with Crippen molar-refractivity contribution in [3.63, 3.8) is 0 Å². The van der Waals surface area contributed by atoms with Crippen LogP contribution in [0.25, 0.3) is 11.0 Å². The van der Waals surface area contributed by atoms with E-state index in [-0.39, 0.29) is 69.0 Å². The highest BCUT2D eigenvalue weighted by atomic mass is 32.2. The highest BCUT2D eigenvalue weighted by Gasteiger charge is 2.50. The number of pyridine rings is 3. The number of fused-ring (bicyclic) bond motifs is 1. The Morgan fingerprint density at radius 3 is 2.46 bits per heavy atom. The Morgan fingerprint density at radius 2 is 1.74 bits per heavy atom. The van der Waals surface area contributed by atoms with Gasteiger partial charge in [0.2, 0.25) is 11.7 Å². The predicted molar refractivity (Wildman–Crippen MR) is 301 cm³/mol. The normalized spacial score (nSPS) is 22.5. The molecule has 6 aromatic rings. The predicted octanol–water partition coefficient (Wildman–Crippen LogP) is 9.99. The van der Waals surface area contributed by atoms with Gasteiger partial charge in [0.1, 0.15) is 22.1 Å². The van der Waals surface area contributed by atoms with E-state index in [2.05, 4.69) is 77.8 Å². The fraction of sp³-hybridized carbons (Fsp3) is 0.492. The zero-order valence-electron chi connectivity index (χ0n) is 48.5. The highest BCUT2D eigenvalue weighted by molar-refractivity contribution is 7.90. The topological polar surface area (TPSA) is 231 Å². The molecular formula is C59H71FN10O9S. The van der Waals surface area contributed by atoms with Crippen LogP contribution in [0.5, 0.6) is 23.3 Å². The molecule has 0 unspecified atom stereocenters. The molecule has 11 rings (SSSR count). The maximum absolute atomic E-state index is 15.0. The molecule has 2 saturated heterocycles. The Kier molecular flexibility index (Phi) is 14.2. The number of aliphatic hydroxyl groups is 1. The van der Waals surface area contributed by atoms with E-state index in [9.17, 15) is 32.8 Å². The second kappa shape index (κ2) is 22.2. The summed E-state index contributed by atoms with van der Waals surface area (Å²) in [7, 11) is -6.00. The molecule has 4 N–H and O–H groups in total. The first-order valence-electron chi connectivity index (χ1n) is 29.3. The summed E-state index contributed by atoms with van der Waals surface area (Å²) < 4.78 is 85.6. The van der Waals surface area contributed by atoms with Crippen molar-refractivity contribution in [3.05, 3.63) is 123 Å². The number of sulfonamides is 1. The van der Waals surface area contributed by atoms with E-state index in [0.717, 1.165) is 87.9 Å². The smallest absolute Gasteiger partial charge is 0.312 e. The van der Waals surface area contributed by atoms with E-state index in [4.69, 9.17) is 23.3 Å². The average molecular weight is 1120 g/mol. The van der Waals surface area contributed by atoms with Crippen molar-refractivity contribution in [1.82, 2.24) is 34.5 Å². The number of piperidine rings is 1. The fourth-order valence-corrected chi connectivity index (χ4v) is 13.5. The molecule has 2 aliphatic heterocycles. The van der Waals surface area contributed by atoms with E-state index in [1.807, 2.05) is 12.1 Å². The molecule has 0 bridgehead atoms. The molecule has 80 heavy (non-hydrogen) atoms. The van der Waals surface area contributed by atoms with Gasteiger partial charge in [-0.2, -0.15) is 4.98 Å². The summed E-state index contributed by atoms with van der Waals surface area (Å²) in [4.78, 5) is 48.5. The molecule has 0 radical (unpaired) electrons. The molecule has 424 valence electrons. The number of aromatic nitrogens is 4. The van der Waals surface area contributed by atoms with Gasteiger partial charge in [-0.3, -0.25) is 24.7 Å². The van der Waals surface area contributed by atoms with Gasteiger partial charge < -0.3 is 34.5 Å². The van der Waals surface area contributed by atoms with E-state index in [1.54, 1.807) is 19.1 Å². The van der Waals surface area contributed by atoms with Gasteiger partial charge >= 0.3 is 5.69 Å². The van der Waals surface area contributed by atoms with E-state index < -0.39 is 49.9 Å². The minimum absolute atomic E-state index is 0.0330. The number of aromatic amines is 1. The van der Waals surface area contributed by atoms with Crippen LogP contribution in [0.15, 0.2) is 84.0 Å². The molecule has 2 aromatic carbocycles. The number of piperazine rings is 1. The number of hydrogen-bond donors (Lipinski definition) is 4. The first kappa shape index (κ1) is 51.2. The maximum atomic E-state index is 15.0. The van der Waals surface area contributed by atoms with Gasteiger partial charge in [-0.05, 0) is 124 Å². The second-order valence-corrected chi connectivity index (χ2v) is 24.9.